The van der Waals surface area contributed by atoms with Gasteiger partial charge in [0.2, 0.25) is 5.89 Å². The zero-order valence-corrected chi connectivity index (χ0v) is 20.9. The summed E-state index contributed by atoms with van der Waals surface area (Å²) in [5.74, 6) is 2.61. The topological polar surface area (TPSA) is 71.3 Å². The maximum Gasteiger partial charge on any atom is 0.299 e. The number of hydrogen-bond donors (Lipinski definition) is 2. The van der Waals surface area contributed by atoms with Gasteiger partial charge in [-0.1, -0.05) is 57.1 Å². The lowest BCUT2D eigenvalue weighted by Crippen LogP contribution is -2.40. The van der Waals surface area contributed by atoms with Crippen LogP contribution in [0.15, 0.2) is 64.0 Å². The first-order chi connectivity index (χ1) is 16.2. The maximum absolute atomic E-state index is 13.5. The quantitative estimate of drug-likeness (QED) is 0.231. The summed E-state index contributed by atoms with van der Waals surface area (Å²) in [5.41, 5.74) is 1.92. The zero-order chi connectivity index (χ0) is 22.9. The average Bonchev–Trinajstić information content (AvgIpc) is 3.33. The molecule has 1 aliphatic rings. The number of piperidine rings is 1. The highest BCUT2D eigenvalue weighted by molar-refractivity contribution is 8.76. The second-order valence-electron chi connectivity index (χ2n) is 7.91. The highest BCUT2D eigenvalue weighted by Crippen LogP contribution is 2.32. The number of carbonyl (C=O) groups excluding carboxylic acids is 1. The molecule has 1 amide bonds. The van der Waals surface area contributed by atoms with Gasteiger partial charge in [-0.3, -0.25) is 4.79 Å². The third-order valence-corrected chi connectivity index (χ3v) is 8.39. The van der Waals surface area contributed by atoms with Gasteiger partial charge in [-0.05, 0) is 61.7 Å². The molecule has 33 heavy (non-hydrogen) atoms. The first-order valence-electron chi connectivity index (χ1n) is 11.1. The van der Waals surface area contributed by atoms with Gasteiger partial charge in [0.1, 0.15) is 0 Å². The number of carbonyl (C=O) groups is 1. The minimum Gasteiger partial charge on any atom is -0.338 e. The molecule has 1 aliphatic heterocycles. The van der Waals surface area contributed by atoms with Gasteiger partial charge >= 0.3 is 0 Å². The van der Waals surface area contributed by atoms with Crippen LogP contribution in [0.1, 0.15) is 34.9 Å². The van der Waals surface area contributed by atoms with Gasteiger partial charge in [-0.15, -0.1) is 0 Å². The number of benzene rings is 2. The predicted octanol–water partition coefficient (Wildman–Crippen LogP) is 4.98. The van der Waals surface area contributed by atoms with Crippen LogP contribution in [0.25, 0.3) is 0 Å². The van der Waals surface area contributed by atoms with E-state index < -0.39 is 0 Å². The third-order valence-electron chi connectivity index (χ3n) is 5.48. The Bertz CT molecular complexity index is 1010. The SMILES string of the molecule is O=C(c1noc(Cc2ccccc2)n1)N(CC1CCNCC1)c1ccc(SSCCS)cc1. The lowest BCUT2D eigenvalue weighted by atomic mass is 9.97. The molecule has 2 heterocycles. The molecule has 0 unspecified atom stereocenters. The van der Waals surface area contributed by atoms with E-state index in [-0.39, 0.29) is 11.7 Å². The Morgan fingerprint density at radius 2 is 1.88 bits per heavy atom. The number of nitrogens with one attached hydrogen (secondary N) is 1. The fourth-order valence-electron chi connectivity index (χ4n) is 3.76. The molecule has 1 fully saturated rings. The van der Waals surface area contributed by atoms with Gasteiger partial charge in [0.25, 0.3) is 11.7 Å². The number of anilines is 1. The summed E-state index contributed by atoms with van der Waals surface area (Å²) in [7, 11) is 3.50. The van der Waals surface area contributed by atoms with Crippen LogP contribution in [0.2, 0.25) is 0 Å². The van der Waals surface area contributed by atoms with E-state index >= 15 is 0 Å². The highest BCUT2D eigenvalue weighted by atomic mass is 33.1. The second-order valence-corrected chi connectivity index (χ2v) is 10.8. The van der Waals surface area contributed by atoms with Crippen molar-refractivity contribution in [3.05, 3.63) is 71.9 Å². The van der Waals surface area contributed by atoms with Crippen LogP contribution in [0, 0.1) is 5.92 Å². The lowest BCUT2D eigenvalue weighted by Gasteiger charge is -2.29. The molecule has 0 saturated carbocycles. The molecule has 0 radical (unpaired) electrons. The van der Waals surface area contributed by atoms with Gasteiger partial charge < -0.3 is 14.7 Å². The van der Waals surface area contributed by atoms with Crippen LogP contribution in [-0.2, 0) is 6.42 Å². The summed E-state index contributed by atoms with van der Waals surface area (Å²) < 4.78 is 5.41. The minimum absolute atomic E-state index is 0.109. The monoisotopic (exact) mass is 500 g/mol. The van der Waals surface area contributed by atoms with E-state index in [4.69, 9.17) is 4.52 Å². The molecule has 4 rings (SSSR count). The first-order valence-corrected chi connectivity index (χ1v) is 14.1. The van der Waals surface area contributed by atoms with Crippen LogP contribution in [0.5, 0.6) is 0 Å². The molecule has 6 nitrogen and oxygen atoms in total. The van der Waals surface area contributed by atoms with Crippen molar-refractivity contribution in [3.8, 4) is 0 Å². The fraction of sp³-hybridized carbons (Fsp3) is 0.375. The molecule has 0 atom stereocenters. The van der Waals surface area contributed by atoms with Crippen molar-refractivity contribution in [2.45, 2.75) is 24.2 Å². The van der Waals surface area contributed by atoms with Crippen molar-refractivity contribution in [1.82, 2.24) is 15.5 Å². The number of hydrogen-bond acceptors (Lipinski definition) is 8. The van der Waals surface area contributed by atoms with Crippen molar-refractivity contribution in [3.63, 3.8) is 0 Å². The molecule has 1 aromatic heterocycles. The number of nitrogens with zero attached hydrogens (tertiary/aromatic N) is 3. The zero-order valence-electron chi connectivity index (χ0n) is 18.4. The summed E-state index contributed by atoms with van der Waals surface area (Å²) in [4.78, 5) is 20.9. The standard InChI is InChI=1S/C24H28N4O2S3/c29-24(23-26-22(30-27-23)16-18-4-2-1-3-5-18)28(17-19-10-12-25-13-11-19)20-6-8-21(9-7-20)33-32-15-14-31/h1-9,19,25,31H,10-17H2. The molecular formula is C24H28N4O2S3. The van der Waals surface area contributed by atoms with E-state index in [1.54, 1.807) is 21.6 Å². The number of aromatic nitrogens is 2. The van der Waals surface area contributed by atoms with Gasteiger partial charge in [-0.2, -0.15) is 17.6 Å². The third kappa shape index (κ3) is 7.02. The normalized spacial score (nSPS) is 14.3. The molecule has 174 valence electrons. The van der Waals surface area contributed by atoms with Crippen LogP contribution in [0.4, 0.5) is 5.69 Å². The summed E-state index contributed by atoms with van der Waals surface area (Å²) in [6.45, 7) is 2.60. The van der Waals surface area contributed by atoms with Gasteiger partial charge in [0.05, 0.1) is 6.42 Å². The lowest BCUT2D eigenvalue weighted by molar-refractivity contribution is 0.0968. The van der Waals surface area contributed by atoms with Crippen molar-refractivity contribution in [2.24, 2.45) is 5.92 Å². The fourth-order valence-corrected chi connectivity index (χ4v) is 6.19. The Kier molecular flexibility index (Phi) is 9.17. The van der Waals surface area contributed by atoms with Crippen molar-refractivity contribution < 1.29 is 9.32 Å². The Morgan fingerprint density at radius 3 is 2.61 bits per heavy atom. The molecule has 0 bridgehead atoms. The van der Waals surface area contributed by atoms with E-state index in [9.17, 15) is 4.79 Å². The molecule has 9 heteroatoms. The first kappa shape index (κ1) is 24.2. The van der Waals surface area contributed by atoms with Crippen molar-refractivity contribution in [1.29, 1.82) is 0 Å². The van der Waals surface area contributed by atoms with E-state index in [0.29, 0.717) is 24.8 Å². The van der Waals surface area contributed by atoms with Crippen LogP contribution in [-0.4, -0.2) is 47.2 Å². The van der Waals surface area contributed by atoms with E-state index in [1.165, 1.54) is 0 Å². The van der Waals surface area contributed by atoms with Gasteiger partial charge in [0.15, 0.2) is 0 Å². The molecule has 1 N–H and O–H groups in total. The van der Waals surface area contributed by atoms with E-state index in [1.807, 2.05) is 47.4 Å². The number of thiol groups is 1. The molecule has 2 aromatic carbocycles. The highest BCUT2D eigenvalue weighted by Gasteiger charge is 2.26. The Morgan fingerprint density at radius 1 is 1.12 bits per heavy atom. The van der Waals surface area contributed by atoms with Gasteiger partial charge in [-0.25, -0.2) is 0 Å². The summed E-state index contributed by atoms with van der Waals surface area (Å²) >= 11 is 4.26. The summed E-state index contributed by atoms with van der Waals surface area (Å²) in [6.07, 6.45) is 2.60. The largest absolute Gasteiger partial charge is 0.338 e. The van der Waals surface area contributed by atoms with E-state index in [2.05, 4.69) is 40.2 Å². The van der Waals surface area contributed by atoms with Crippen molar-refractivity contribution in [2.75, 3.05) is 36.0 Å². The van der Waals surface area contributed by atoms with Crippen LogP contribution < -0.4 is 10.2 Å². The molecule has 0 aliphatic carbocycles. The number of amides is 1. The number of rotatable bonds is 10. The average molecular weight is 501 g/mol. The molecule has 1 saturated heterocycles. The van der Waals surface area contributed by atoms with Crippen LogP contribution >= 0.6 is 34.2 Å². The smallest absolute Gasteiger partial charge is 0.299 e. The maximum atomic E-state index is 13.5. The minimum atomic E-state index is -0.221. The summed E-state index contributed by atoms with van der Waals surface area (Å²) in [5, 5.41) is 7.41. The second kappa shape index (κ2) is 12.5. The summed E-state index contributed by atoms with van der Waals surface area (Å²) in [6, 6.07) is 18.0. The molecule has 0 spiro atoms. The molecule has 3 aromatic rings. The van der Waals surface area contributed by atoms with Crippen LogP contribution in [0.3, 0.4) is 0 Å². The van der Waals surface area contributed by atoms with E-state index in [0.717, 1.165) is 53.6 Å². The Labute approximate surface area is 208 Å². The van der Waals surface area contributed by atoms with Gasteiger partial charge in [0, 0.05) is 28.6 Å². The Hall–Kier alpha value is -1.94. The molecular weight excluding hydrogens is 472 g/mol. The predicted molar refractivity (Wildman–Crippen MR) is 139 cm³/mol. The van der Waals surface area contributed by atoms with Crippen molar-refractivity contribution >= 4 is 45.8 Å². The Balaban J connectivity index is 1.51.